The normalized spacial score (nSPS) is 28.9. The van der Waals surface area contributed by atoms with Crippen molar-refractivity contribution in [2.24, 2.45) is 5.92 Å². The van der Waals surface area contributed by atoms with Crippen LogP contribution in [-0.4, -0.2) is 4.57 Å². The summed E-state index contributed by atoms with van der Waals surface area (Å²) in [7, 11) is 0. The van der Waals surface area contributed by atoms with Crippen LogP contribution in [0, 0.1) is 11.7 Å². The maximum absolute atomic E-state index is 13.4. The third kappa shape index (κ3) is 1.15. The van der Waals surface area contributed by atoms with E-state index in [1.807, 2.05) is 4.57 Å². The quantitative estimate of drug-likeness (QED) is 0.774. The van der Waals surface area contributed by atoms with E-state index >= 15 is 0 Å². The van der Waals surface area contributed by atoms with E-state index in [1.165, 1.54) is 12.1 Å². The summed E-state index contributed by atoms with van der Waals surface area (Å²) in [4.78, 5) is 12.4. The molecule has 3 saturated carbocycles. The van der Waals surface area contributed by atoms with E-state index in [0.29, 0.717) is 10.8 Å². The van der Waals surface area contributed by atoms with Gasteiger partial charge in [0, 0.05) is 17.1 Å². The lowest BCUT2D eigenvalue weighted by atomic mass is 9.49. The van der Waals surface area contributed by atoms with Crippen LogP contribution in [0.2, 0.25) is 5.02 Å². The summed E-state index contributed by atoms with van der Waals surface area (Å²) in [5.41, 5.74) is 0.00382. The van der Waals surface area contributed by atoms with Crippen molar-refractivity contribution in [1.29, 1.82) is 0 Å². The van der Waals surface area contributed by atoms with Crippen LogP contribution in [0.25, 0.3) is 10.8 Å². The highest BCUT2D eigenvalue weighted by Crippen LogP contribution is 2.61. The topological polar surface area (TPSA) is 22.0 Å². The Morgan fingerprint density at radius 1 is 1.33 bits per heavy atom. The molecule has 0 N–H and O–H groups in total. The second-order valence-electron chi connectivity index (χ2n) is 5.55. The van der Waals surface area contributed by atoms with Crippen LogP contribution in [0.1, 0.15) is 19.3 Å². The Bertz CT molecular complexity index is 719. The van der Waals surface area contributed by atoms with E-state index < -0.39 is 5.82 Å². The molecule has 3 fully saturated rings. The van der Waals surface area contributed by atoms with Gasteiger partial charge in [0.25, 0.3) is 5.56 Å². The highest BCUT2D eigenvalue weighted by molar-refractivity contribution is 6.31. The van der Waals surface area contributed by atoms with Gasteiger partial charge in [0.05, 0.1) is 5.02 Å². The zero-order valence-corrected chi connectivity index (χ0v) is 10.4. The Labute approximate surface area is 108 Å². The Kier molecular flexibility index (Phi) is 1.85. The van der Waals surface area contributed by atoms with Gasteiger partial charge in [0.15, 0.2) is 0 Å². The lowest BCUT2D eigenvalue weighted by Gasteiger charge is -2.62. The van der Waals surface area contributed by atoms with E-state index in [9.17, 15) is 9.18 Å². The average Bonchev–Trinajstić information content (AvgIpc) is 2.21. The van der Waals surface area contributed by atoms with Crippen LogP contribution >= 0.6 is 11.6 Å². The van der Waals surface area contributed by atoms with Gasteiger partial charge in [0.1, 0.15) is 5.82 Å². The number of benzene rings is 1. The molecule has 0 atom stereocenters. The molecule has 4 heteroatoms. The molecule has 92 valence electrons. The van der Waals surface area contributed by atoms with Crippen molar-refractivity contribution in [2.45, 2.75) is 24.8 Å². The van der Waals surface area contributed by atoms with Crippen molar-refractivity contribution < 1.29 is 4.39 Å². The predicted molar refractivity (Wildman–Crippen MR) is 68.5 cm³/mol. The zero-order valence-electron chi connectivity index (χ0n) is 9.62. The number of aromatic nitrogens is 1. The van der Waals surface area contributed by atoms with Crippen molar-refractivity contribution in [1.82, 2.24) is 4.57 Å². The van der Waals surface area contributed by atoms with Crippen molar-refractivity contribution in [2.75, 3.05) is 0 Å². The number of rotatable bonds is 1. The summed E-state index contributed by atoms with van der Waals surface area (Å²) in [6.07, 6.45) is 5.11. The summed E-state index contributed by atoms with van der Waals surface area (Å²) in [6.45, 7) is 0. The average molecular weight is 264 g/mol. The van der Waals surface area contributed by atoms with E-state index in [-0.39, 0.29) is 16.1 Å². The molecule has 2 bridgehead atoms. The van der Waals surface area contributed by atoms with Crippen LogP contribution in [0.5, 0.6) is 0 Å². The number of nitrogens with zero attached hydrogens (tertiary/aromatic N) is 1. The Morgan fingerprint density at radius 2 is 2.06 bits per heavy atom. The highest BCUT2D eigenvalue weighted by atomic mass is 35.5. The molecule has 0 saturated heterocycles. The fourth-order valence-electron chi connectivity index (χ4n) is 3.34. The molecular weight excluding hydrogens is 253 g/mol. The Balaban J connectivity index is 1.99. The smallest absolute Gasteiger partial charge is 0.258 e. The van der Waals surface area contributed by atoms with Crippen molar-refractivity contribution in [3.05, 3.63) is 45.6 Å². The van der Waals surface area contributed by atoms with E-state index in [0.717, 1.165) is 25.2 Å². The molecule has 1 aromatic carbocycles. The van der Waals surface area contributed by atoms with E-state index in [4.69, 9.17) is 11.6 Å². The Hall–Kier alpha value is -1.35. The van der Waals surface area contributed by atoms with Gasteiger partial charge in [-0.05, 0) is 48.8 Å². The van der Waals surface area contributed by atoms with E-state index in [1.54, 1.807) is 12.3 Å². The number of pyridine rings is 1. The number of fused-ring (bicyclic) bond motifs is 1. The van der Waals surface area contributed by atoms with Crippen LogP contribution < -0.4 is 5.56 Å². The molecule has 18 heavy (non-hydrogen) atoms. The molecule has 0 aliphatic heterocycles. The molecule has 0 unspecified atom stereocenters. The standard InChI is InChI=1S/C14H11ClFNO/c15-11-4-10-9(3-12(11)16)1-2-17(13(10)18)14-5-8(6-14)7-14/h1-4,8H,5-7H2. The van der Waals surface area contributed by atoms with Crippen LogP contribution in [0.3, 0.4) is 0 Å². The van der Waals surface area contributed by atoms with E-state index in [2.05, 4.69) is 0 Å². The summed E-state index contributed by atoms with van der Waals surface area (Å²) in [5.74, 6) is 0.330. The first kappa shape index (κ1) is 10.6. The van der Waals surface area contributed by atoms with Crippen LogP contribution in [0.15, 0.2) is 29.2 Å². The second-order valence-corrected chi connectivity index (χ2v) is 5.95. The van der Waals surface area contributed by atoms with Crippen LogP contribution in [0.4, 0.5) is 4.39 Å². The van der Waals surface area contributed by atoms with Gasteiger partial charge in [-0.25, -0.2) is 4.39 Å². The molecule has 0 spiro atoms. The minimum absolute atomic E-state index is 0.00921. The third-order valence-electron chi connectivity index (χ3n) is 4.46. The van der Waals surface area contributed by atoms with Crippen LogP contribution in [-0.2, 0) is 5.54 Å². The molecule has 3 aliphatic carbocycles. The monoisotopic (exact) mass is 263 g/mol. The van der Waals surface area contributed by atoms with Gasteiger partial charge in [-0.2, -0.15) is 0 Å². The largest absolute Gasteiger partial charge is 0.309 e. The molecule has 1 heterocycles. The lowest BCUT2D eigenvalue weighted by molar-refractivity contribution is -0.0910. The van der Waals surface area contributed by atoms with Gasteiger partial charge in [-0.15, -0.1) is 0 Å². The van der Waals surface area contributed by atoms with Crippen molar-refractivity contribution in [3.8, 4) is 0 Å². The molecule has 2 aromatic rings. The number of hydrogen-bond donors (Lipinski definition) is 0. The van der Waals surface area contributed by atoms with Crippen molar-refractivity contribution in [3.63, 3.8) is 0 Å². The summed E-state index contributed by atoms with van der Waals surface area (Å²) < 4.78 is 15.2. The molecule has 0 amide bonds. The van der Waals surface area contributed by atoms with Gasteiger partial charge < -0.3 is 4.57 Å². The maximum atomic E-state index is 13.4. The minimum atomic E-state index is -0.480. The van der Waals surface area contributed by atoms with Gasteiger partial charge in [-0.1, -0.05) is 11.6 Å². The summed E-state index contributed by atoms with van der Waals surface area (Å²) >= 11 is 5.76. The molecule has 5 rings (SSSR count). The molecule has 2 nitrogen and oxygen atoms in total. The minimum Gasteiger partial charge on any atom is -0.309 e. The van der Waals surface area contributed by atoms with Gasteiger partial charge in [0.2, 0.25) is 0 Å². The number of halogens is 2. The molecule has 0 radical (unpaired) electrons. The third-order valence-corrected chi connectivity index (χ3v) is 4.75. The first-order valence-corrected chi connectivity index (χ1v) is 6.48. The first-order chi connectivity index (χ1) is 8.59. The highest BCUT2D eigenvalue weighted by Gasteiger charge is 2.58. The predicted octanol–water partition coefficient (Wildman–Crippen LogP) is 3.30. The second kappa shape index (κ2) is 3.15. The molecular formula is C14H11ClFNO. The molecule has 1 aromatic heterocycles. The fourth-order valence-corrected chi connectivity index (χ4v) is 3.50. The fraction of sp³-hybridized carbons (Fsp3) is 0.357. The van der Waals surface area contributed by atoms with Gasteiger partial charge >= 0.3 is 0 Å². The number of hydrogen-bond acceptors (Lipinski definition) is 1. The van der Waals surface area contributed by atoms with Crippen molar-refractivity contribution >= 4 is 22.4 Å². The summed E-state index contributed by atoms with van der Waals surface area (Å²) in [6, 6.07) is 4.57. The zero-order chi connectivity index (χ0) is 12.5. The Morgan fingerprint density at radius 3 is 2.67 bits per heavy atom. The molecule has 3 aliphatic rings. The first-order valence-electron chi connectivity index (χ1n) is 6.10. The SMILES string of the molecule is O=c1c2cc(Cl)c(F)cc2ccn1C12CC(C1)C2. The van der Waals surface area contributed by atoms with Gasteiger partial charge in [-0.3, -0.25) is 4.79 Å². The summed E-state index contributed by atoms with van der Waals surface area (Å²) in [5, 5.41) is 1.13. The maximum Gasteiger partial charge on any atom is 0.258 e. The lowest BCUT2D eigenvalue weighted by Crippen LogP contribution is -2.61.